The summed E-state index contributed by atoms with van der Waals surface area (Å²) < 4.78 is 11.3. The molecule has 80 heavy (non-hydrogen) atoms. The van der Waals surface area contributed by atoms with E-state index < -0.39 is 49.5 Å². The van der Waals surface area contributed by atoms with Crippen LogP contribution in [0.2, 0.25) is 0 Å². The molecular weight excluding hydrogens is 995 g/mol. The maximum absolute atomic E-state index is 13.1. The van der Waals surface area contributed by atoms with Crippen molar-refractivity contribution in [1.29, 1.82) is 0 Å². The van der Waals surface area contributed by atoms with Gasteiger partial charge in [-0.15, -0.1) is 0 Å². The third-order valence-electron chi connectivity index (χ3n) is 15.7. The number of ether oxygens (including phenoxy) is 2. The predicted octanol–water partition coefficient (Wildman–Crippen LogP) is 18.1. The molecule has 0 radical (unpaired) electrons. The fraction of sp³-hybridized carbons (Fsp3) is 0.789. The van der Waals surface area contributed by atoms with Crippen molar-refractivity contribution in [3.05, 3.63) is 85.1 Å². The van der Waals surface area contributed by atoms with Crippen molar-refractivity contribution in [1.82, 2.24) is 5.32 Å². The maximum Gasteiger partial charge on any atom is 0.220 e. The summed E-state index contributed by atoms with van der Waals surface area (Å²) in [5, 5.41) is 54.7. The van der Waals surface area contributed by atoms with Crippen LogP contribution in [0, 0.1) is 0 Å². The van der Waals surface area contributed by atoms with Crippen molar-refractivity contribution in [3.8, 4) is 0 Å². The molecule has 1 amide bonds. The highest BCUT2D eigenvalue weighted by atomic mass is 16.7. The maximum atomic E-state index is 13.1. The average molecular weight is 1120 g/mol. The van der Waals surface area contributed by atoms with Gasteiger partial charge in [-0.1, -0.05) is 304 Å². The van der Waals surface area contributed by atoms with Crippen LogP contribution in [0.5, 0.6) is 0 Å². The van der Waals surface area contributed by atoms with Crippen LogP contribution in [0.15, 0.2) is 85.1 Å². The molecule has 1 saturated heterocycles. The molecule has 0 bridgehead atoms. The van der Waals surface area contributed by atoms with Gasteiger partial charge in [-0.25, -0.2) is 0 Å². The van der Waals surface area contributed by atoms with E-state index in [0.717, 1.165) is 77.0 Å². The molecule has 1 aliphatic rings. The van der Waals surface area contributed by atoms with Gasteiger partial charge < -0.3 is 40.3 Å². The molecule has 0 spiro atoms. The van der Waals surface area contributed by atoms with Crippen molar-refractivity contribution in [3.63, 3.8) is 0 Å². The topological polar surface area (TPSA) is 149 Å². The fourth-order valence-corrected chi connectivity index (χ4v) is 10.4. The monoisotopic (exact) mass is 1120 g/mol. The number of carbonyl (C=O) groups is 1. The highest BCUT2D eigenvalue weighted by Crippen LogP contribution is 2.23. The summed E-state index contributed by atoms with van der Waals surface area (Å²) in [6.45, 7) is 3.68. The Hall–Kier alpha value is -2.63. The first-order valence-corrected chi connectivity index (χ1v) is 33.8. The molecule has 7 unspecified atom stereocenters. The van der Waals surface area contributed by atoms with Crippen molar-refractivity contribution in [2.24, 2.45) is 0 Å². The molecule has 464 valence electrons. The van der Waals surface area contributed by atoms with Gasteiger partial charge >= 0.3 is 0 Å². The second-order valence-corrected chi connectivity index (χ2v) is 23.2. The molecule has 0 aromatic rings. The van der Waals surface area contributed by atoms with Crippen LogP contribution in [0.4, 0.5) is 0 Å². The summed E-state index contributed by atoms with van der Waals surface area (Å²) in [6.07, 6.45) is 78.2. The smallest absolute Gasteiger partial charge is 0.220 e. The first-order valence-electron chi connectivity index (χ1n) is 33.8. The SMILES string of the molecule is CC/C=C\C/C=C\C/C=C\C/C=C\C/C=C\CCCCCCCCCCCCCC(=O)NC(COC1OC(CO)C(O)C(O)C1O)C(O)/C=C/CC/C=C/CCCCCCCCCCCCCCCCCCCCCCCCCC. The fourth-order valence-electron chi connectivity index (χ4n) is 10.4. The molecule has 0 saturated carbocycles. The zero-order valence-corrected chi connectivity index (χ0v) is 51.8. The molecule has 0 aliphatic carbocycles. The van der Waals surface area contributed by atoms with E-state index >= 15 is 0 Å². The first kappa shape index (κ1) is 75.4. The Morgan fingerprint density at radius 1 is 0.438 bits per heavy atom. The second kappa shape index (κ2) is 59.5. The minimum absolute atomic E-state index is 0.190. The van der Waals surface area contributed by atoms with Crippen molar-refractivity contribution >= 4 is 5.91 Å². The third-order valence-corrected chi connectivity index (χ3v) is 15.7. The Bertz CT molecular complexity index is 1540. The van der Waals surface area contributed by atoms with E-state index in [4.69, 9.17) is 9.47 Å². The van der Waals surface area contributed by atoms with E-state index in [1.165, 1.54) is 205 Å². The third kappa shape index (κ3) is 47.8. The number of carbonyl (C=O) groups excluding carboxylic acids is 1. The quantitative estimate of drug-likeness (QED) is 0.0261. The number of rotatable bonds is 58. The van der Waals surface area contributed by atoms with E-state index in [2.05, 4.69) is 92.1 Å². The van der Waals surface area contributed by atoms with Crippen LogP contribution in [-0.4, -0.2) is 87.5 Å². The van der Waals surface area contributed by atoms with E-state index in [1.54, 1.807) is 6.08 Å². The van der Waals surface area contributed by atoms with Gasteiger partial charge in [0.1, 0.15) is 24.4 Å². The van der Waals surface area contributed by atoms with Crippen LogP contribution in [0.1, 0.15) is 303 Å². The summed E-state index contributed by atoms with van der Waals surface area (Å²) in [5.74, 6) is -0.190. The summed E-state index contributed by atoms with van der Waals surface area (Å²) in [4.78, 5) is 13.1. The second-order valence-electron chi connectivity index (χ2n) is 23.2. The molecule has 9 nitrogen and oxygen atoms in total. The zero-order valence-electron chi connectivity index (χ0n) is 51.8. The minimum Gasteiger partial charge on any atom is -0.394 e. The lowest BCUT2D eigenvalue weighted by Gasteiger charge is -2.40. The van der Waals surface area contributed by atoms with Crippen molar-refractivity contribution < 1.29 is 39.8 Å². The van der Waals surface area contributed by atoms with Gasteiger partial charge in [-0.05, 0) is 77.0 Å². The number of amides is 1. The zero-order chi connectivity index (χ0) is 57.9. The average Bonchev–Trinajstić information content (AvgIpc) is 3.46. The summed E-state index contributed by atoms with van der Waals surface area (Å²) >= 11 is 0. The number of hydrogen-bond donors (Lipinski definition) is 6. The molecule has 1 rings (SSSR count). The first-order chi connectivity index (χ1) is 39.3. The molecule has 0 aromatic carbocycles. The van der Waals surface area contributed by atoms with E-state index in [9.17, 15) is 30.3 Å². The molecule has 1 heterocycles. The van der Waals surface area contributed by atoms with Crippen LogP contribution < -0.4 is 5.32 Å². The van der Waals surface area contributed by atoms with Crippen LogP contribution >= 0.6 is 0 Å². The molecule has 1 fully saturated rings. The van der Waals surface area contributed by atoms with Crippen LogP contribution in [0.25, 0.3) is 0 Å². The number of aliphatic hydroxyl groups excluding tert-OH is 5. The highest BCUT2D eigenvalue weighted by molar-refractivity contribution is 5.76. The van der Waals surface area contributed by atoms with Gasteiger partial charge in [0.15, 0.2) is 6.29 Å². The molecule has 9 heteroatoms. The molecule has 6 N–H and O–H groups in total. The van der Waals surface area contributed by atoms with E-state index in [-0.39, 0.29) is 12.5 Å². The Balaban J connectivity index is 2.18. The van der Waals surface area contributed by atoms with E-state index in [0.29, 0.717) is 6.42 Å². The van der Waals surface area contributed by atoms with Gasteiger partial charge in [0.25, 0.3) is 0 Å². The lowest BCUT2D eigenvalue weighted by Crippen LogP contribution is -2.60. The number of aliphatic hydroxyl groups is 5. The Morgan fingerprint density at radius 3 is 1.20 bits per heavy atom. The van der Waals surface area contributed by atoms with Gasteiger partial charge in [0, 0.05) is 6.42 Å². The van der Waals surface area contributed by atoms with Gasteiger partial charge in [-0.2, -0.15) is 0 Å². The molecule has 1 aliphatic heterocycles. The molecule has 7 atom stereocenters. The van der Waals surface area contributed by atoms with Crippen LogP contribution in [0.3, 0.4) is 0 Å². The number of allylic oxidation sites excluding steroid dienone is 13. The van der Waals surface area contributed by atoms with Gasteiger partial charge in [-0.3, -0.25) is 4.79 Å². The number of unbranched alkanes of at least 4 members (excludes halogenated alkanes) is 36. The van der Waals surface area contributed by atoms with Gasteiger partial charge in [0.05, 0.1) is 25.4 Å². The van der Waals surface area contributed by atoms with Crippen molar-refractivity contribution in [2.75, 3.05) is 13.2 Å². The standard InChI is InChI=1S/C71H127NO8/c1-3-5-7-9-11-13-15-17-19-21-23-25-27-29-31-32-33-35-36-38-40-42-44-46-48-50-52-54-56-58-60-65(74)64(63-79-71-70(78)69(77)68(76)66(62-73)80-71)72-67(75)61-59-57-55-53-51-49-47-45-43-41-39-37-34-30-28-26-24-22-20-18-16-14-12-10-8-6-4-2/h6,8,12,14,18,20,24,26,30,34,50,52,58,60,64-66,68-71,73-74,76-78H,3-5,7,9-11,13,15-17,19,21-23,25,27-29,31-33,35-49,51,53-57,59,61-63H2,1-2H3,(H,72,75)/b8-6-,14-12-,20-18-,26-24-,34-30-,52-50+,60-58+. The minimum atomic E-state index is -1.58. The molecule has 0 aromatic heterocycles. The Morgan fingerprint density at radius 2 is 0.787 bits per heavy atom. The summed E-state index contributed by atoms with van der Waals surface area (Å²) in [6, 6.07) is -0.830. The summed E-state index contributed by atoms with van der Waals surface area (Å²) in [7, 11) is 0. The largest absolute Gasteiger partial charge is 0.394 e. The van der Waals surface area contributed by atoms with E-state index in [1.807, 2.05) is 6.08 Å². The van der Waals surface area contributed by atoms with Crippen molar-refractivity contribution in [2.45, 2.75) is 346 Å². The number of hydrogen-bond acceptors (Lipinski definition) is 8. The molecular formula is C71H127NO8. The normalized spacial score (nSPS) is 19.0. The number of nitrogens with one attached hydrogen (secondary N) is 1. The van der Waals surface area contributed by atoms with Crippen LogP contribution in [-0.2, 0) is 14.3 Å². The summed E-state index contributed by atoms with van der Waals surface area (Å²) in [5.41, 5.74) is 0. The van der Waals surface area contributed by atoms with Gasteiger partial charge in [0.2, 0.25) is 5.91 Å². The Labute approximate surface area is 492 Å². The lowest BCUT2D eigenvalue weighted by molar-refractivity contribution is -0.302. The lowest BCUT2D eigenvalue weighted by atomic mass is 9.99. The predicted molar refractivity (Wildman–Crippen MR) is 341 cm³/mol. The highest BCUT2D eigenvalue weighted by Gasteiger charge is 2.44. The Kier molecular flexibility index (Phi) is 56.1.